The van der Waals surface area contributed by atoms with Gasteiger partial charge in [0.15, 0.2) is 0 Å². The monoisotopic (exact) mass is 253 g/mol. The molecule has 0 aliphatic carbocycles. The molecular weight excluding hydrogens is 230 g/mol. The molecular formula is C15H24ClN. The third-order valence-corrected chi connectivity index (χ3v) is 3.73. The number of hydrogen-bond acceptors (Lipinski definition) is 1. The Hall–Kier alpha value is -0.530. The number of halogens is 1. The number of aryl methyl sites for hydroxylation is 1. The van der Waals surface area contributed by atoms with Crippen molar-refractivity contribution in [3.05, 3.63) is 34.3 Å². The van der Waals surface area contributed by atoms with E-state index >= 15 is 0 Å². The van der Waals surface area contributed by atoms with Crippen LogP contribution in [0, 0.1) is 6.92 Å². The van der Waals surface area contributed by atoms with E-state index in [9.17, 15) is 0 Å². The average molecular weight is 254 g/mol. The van der Waals surface area contributed by atoms with Crippen molar-refractivity contribution in [2.45, 2.75) is 52.5 Å². The van der Waals surface area contributed by atoms with Crippen molar-refractivity contribution in [2.24, 2.45) is 0 Å². The van der Waals surface area contributed by atoms with Crippen LogP contribution in [-0.4, -0.2) is 12.6 Å². The lowest BCUT2D eigenvalue weighted by molar-refractivity contribution is 0.394. The summed E-state index contributed by atoms with van der Waals surface area (Å²) < 4.78 is 0. The zero-order valence-electron chi connectivity index (χ0n) is 11.6. The first-order valence-electron chi connectivity index (χ1n) is 6.37. The van der Waals surface area contributed by atoms with Crippen LogP contribution in [-0.2, 0) is 5.41 Å². The van der Waals surface area contributed by atoms with Crippen molar-refractivity contribution >= 4 is 11.6 Å². The van der Waals surface area contributed by atoms with E-state index in [4.69, 9.17) is 11.6 Å². The Morgan fingerprint density at radius 2 is 2.00 bits per heavy atom. The molecule has 1 aromatic carbocycles. The highest BCUT2D eigenvalue weighted by molar-refractivity contribution is 6.31. The van der Waals surface area contributed by atoms with Crippen molar-refractivity contribution in [2.75, 3.05) is 6.54 Å². The van der Waals surface area contributed by atoms with Gasteiger partial charge >= 0.3 is 0 Å². The predicted octanol–water partition coefficient (Wildman–Crippen LogP) is 4.31. The second kappa shape index (κ2) is 5.88. The van der Waals surface area contributed by atoms with Crippen LogP contribution in [0.4, 0.5) is 0 Å². The summed E-state index contributed by atoms with van der Waals surface area (Å²) in [7, 11) is 0. The zero-order valence-corrected chi connectivity index (χ0v) is 12.4. The van der Waals surface area contributed by atoms with E-state index in [1.54, 1.807) is 0 Å². The summed E-state index contributed by atoms with van der Waals surface area (Å²) in [5, 5.41) is 4.33. The lowest BCUT2D eigenvalue weighted by Gasteiger charge is -2.29. The van der Waals surface area contributed by atoms with Crippen molar-refractivity contribution in [1.29, 1.82) is 0 Å². The van der Waals surface area contributed by atoms with Gasteiger partial charge in [0.05, 0.1) is 0 Å². The van der Waals surface area contributed by atoms with Gasteiger partial charge in [0, 0.05) is 11.1 Å². The van der Waals surface area contributed by atoms with Gasteiger partial charge in [0.1, 0.15) is 0 Å². The van der Waals surface area contributed by atoms with Gasteiger partial charge in [-0.25, -0.2) is 0 Å². The molecule has 1 N–H and O–H groups in total. The van der Waals surface area contributed by atoms with E-state index in [0.717, 1.165) is 23.6 Å². The second-order valence-electron chi connectivity index (χ2n) is 5.51. The quantitative estimate of drug-likeness (QED) is 0.824. The van der Waals surface area contributed by atoms with Crippen LogP contribution >= 0.6 is 11.6 Å². The third kappa shape index (κ3) is 4.01. The van der Waals surface area contributed by atoms with Crippen LogP contribution in [0.3, 0.4) is 0 Å². The highest BCUT2D eigenvalue weighted by atomic mass is 35.5. The maximum atomic E-state index is 6.20. The Labute approximate surface area is 111 Å². The van der Waals surface area contributed by atoms with Gasteiger partial charge in [-0.05, 0) is 49.4 Å². The third-order valence-electron chi connectivity index (χ3n) is 3.32. The first-order valence-corrected chi connectivity index (χ1v) is 6.74. The first-order chi connectivity index (χ1) is 7.86. The van der Waals surface area contributed by atoms with Crippen molar-refractivity contribution in [3.63, 3.8) is 0 Å². The molecule has 17 heavy (non-hydrogen) atoms. The molecule has 1 atom stereocenters. The second-order valence-corrected chi connectivity index (χ2v) is 5.92. The first kappa shape index (κ1) is 14.5. The van der Waals surface area contributed by atoms with Crippen LogP contribution in [0.25, 0.3) is 0 Å². The highest BCUT2D eigenvalue weighted by Crippen LogP contribution is 2.31. The fraction of sp³-hybridized carbons (Fsp3) is 0.600. The molecule has 2 heteroatoms. The molecule has 0 bridgehead atoms. The standard InChI is InChI=1S/C15H24ClN/c1-6-17-12(3)10-15(4,5)13-8-7-11(2)14(16)9-13/h7-9,12,17H,6,10H2,1-5H3. The SMILES string of the molecule is CCNC(C)CC(C)(C)c1ccc(C)c(Cl)c1. The molecule has 0 aromatic heterocycles. The molecule has 0 aliphatic rings. The molecule has 1 rings (SSSR count). The maximum Gasteiger partial charge on any atom is 0.0438 e. The van der Waals surface area contributed by atoms with E-state index in [1.807, 2.05) is 6.92 Å². The average Bonchev–Trinajstić information content (AvgIpc) is 2.21. The lowest BCUT2D eigenvalue weighted by Crippen LogP contribution is -2.33. The number of benzene rings is 1. The van der Waals surface area contributed by atoms with Crippen LogP contribution in [0.1, 0.15) is 45.2 Å². The Morgan fingerprint density at radius 1 is 1.35 bits per heavy atom. The Kier molecular flexibility index (Phi) is 5.03. The van der Waals surface area contributed by atoms with E-state index in [0.29, 0.717) is 6.04 Å². The van der Waals surface area contributed by atoms with E-state index in [2.05, 4.69) is 51.2 Å². The molecule has 0 fully saturated rings. The number of hydrogen-bond donors (Lipinski definition) is 1. The van der Waals surface area contributed by atoms with Gasteiger partial charge < -0.3 is 5.32 Å². The van der Waals surface area contributed by atoms with Crippen LogP contribution in [0.15, 0.2) is 18.2 Å². The minimum Gasteiger partial charge on any atom is -0.315 e. The van der Waals surface area contributed by atoms with Crippen LogP contribution < -0.4 is 5.32 Å². The van der Waals surface area contributed by atoms with Gasteiger partial charge in [0.2, 0.25) is 0 Å². The topological polar surface area (TPSA) is 12.0 Å². The molecule has 0 heterocycles. The molecule has 96 valence electrons. The summed E-state index contributed by atoms with van der Waals surface area (Å²) in [6, 6.07) is 6.93. The maximum absolute atomic E-state index is 6.20. The summed E-state index contributed by atoms with van der Waals surface area (Å²) in [4.78, 5) is 0. The zero-order chi connectivity index (χ0) is 13.1. The molecule has 0 saturated carbocycles. The van der Waals surface area contributed by atoms with Crippen molar-refractivity contribution in [3.8, 4) is 0 Å². The van der Waals surface area contributed by atoms with Gasteiger partial charge in [-0.3, -0.25) is 0 Å². The van der Waals surface area contributed by atoms with Gasteiger partial charge in [-0.15, -0.1) is 0 Å². The molecule has 0 saturated heterocycles. The Morgan fingerprint density at radius 3 is 2.53 bits per heavy atom. The molecule has 1 aromatic rings. The molecule has 0 aliphatic heterocycles. The van der Waals surface area contributed by atoms with Gasteiger partial charge in [-0.1, -0.05) is 44.5 Å². The number of nitrogens with one attached hydrogen (secondary N) is 1. The Balaban J connectivity index is 2.84. The van der Waals surface area contributed by atoms with E-state index < -0.39 is 0 Å². The van der Waals surface area contributed by atoms with Crippen molar-refractivity contribution < 1.29 is 0 Å². The highest BCUT2D eigenvalue weighted by Gasteiger charge is 2.23. The summed E-state index contributed by atoms with van der Waals surface area (Å²) in [5.74, 6) is 0. The predicted molar refractivity (Wildman–Crippen MR) is 77.0 cm³/mol. The fourth-order valence-electron chi connectivity index (χ4n) is 2.32. The molecule has 1 unspecified atom stereocenters. The minimum atomic E-state index is 0.152. The molecule has 0 amide bonds. The van der Waals surface area contributed by atoms with Crippen LogP contribution in [0.5, 0.6) is 0 Å². The normalized spacial score (nSPS) is 13.8. The number of rotatable bonds is 5. The molecule has 0 spiro atoms. The van der Waals surface area contributed by atoms with E-state index in [-0.39, 0.29) is 5.41 Å². The van der Waals surface area contributed by atoms with Gasteiger partial charge in [0.25, 0.3) is 0 Å². The summed E-state index contributed by atoms with van der Waals surface area (Å²) in [6.45, 7) is 12.0. The largest absolute Gasteiger partial charge is 0.315 e. The fourth-order valence-corrected chi connectivity index (χ4v) is 2.50. The summed E-state index contributed by atoms with van der Waals surface area (Å²) >= 11 is 6.20. The molecule has 1 nitrogen and oxygen atoms in total. The van der Waals surface area contributed by atoms with Crippen LogP contribution in [0.2, 0.25) is 5.02 Å². The summed E-state index contributed by atoms with van der Waals surface area (Å²) in [5.41, 5.74) is 2.61. The summed E-state index contributed by atoms with van der Waals surface area (Å²) in [6.07, 6.45) is 1.11. The minimum absolute atomic E-state index is 0.152. The Bertz CT molecular complexity index is 371. The lowest BCUT2D eigenvalue weighted by atomic mass is 9.79. The smallest absolute Gasteiger partial charge is 0.0438 e. The van der Waals surface area contributed by atoms with Crippen molar-refractivity contribution in [1.82, 2.24) is 5.32 Å². The van der Waals surface area contributed by atoms with E-state index in [1.165, 1.54) is 5.56 Å². The molecule has 0 radical (unpaired) electrons. The van der Waals surface area contributed by atoms with Gasteiger partial charge in [-0.2, -0.15) is 0 Å².